The number of ether oxygens (including phenoxy) is 1. The fraction of sp³-hybridized carbons (Fsp3) is 0.100. The molecule has 3 heteroatoms. The molecule has 13 heavy (non-hydrogen) atoms. The van der Waals surface area contributed by atoms with Crippen LogP contribution in [0.5, 0.6) is 5.75 Å². The minimum atomic E-state index is -0.998. The number of rotatable bonds is 2. The molecule has 0 radical (unpaired) electrons. The van der Waals surface area contributed by atoms with Gasteiger partial charge in [0, 0.05) is 0 Å². The molecule has 1 N–H and O–H groups in total. The zero-order valence-corrected chi connectivity index (χ0v) is 7.07. The van der Waals surface area contributed by atoms with E-state index in [-0.39, 0.29) is 5.56 Å². The van der Waals surface area contributed by atoms with Crippen molar-refractivity contribution >= 4 is 5.97 Å². The molecular formula is C10H8O3. The third-order valence-corrected chi connectivity index (χ3v) is 1.60. The van der Waals surface area contributed by atoms with Crippen LogP contribution in [0.15, 0.2) is 18.2 Å². The predicted octanol–water partition coefficient (Wildman–Crippen LogP) is 1.66. The van der Waals surface area contributed by atoms with E-state index >= 15 is 0 Å². The van der Waals surface area contributed by atoms with Crippen LogP contribution in [0.25, 0.3) is 0 Å². The highest BCUT2D eigenvalue weighted by Gasteiger charge is 2.06. The predicted molar refractivity (Wildman–Crippen MR) is 47.6 cm³/mol. The average molecular weight is 176 g/mol. The lowest BCUT2D eigenvalue weighted by atomic mass is 10.1. The van der Waals surface area contributed by atoms with Crippen molar-refractivity contribution in [1.82, 2.24) is 0 Å². The van der Waals surface area contributed by atoms with Crippen LogP contribution in [0.2, 0.25) is 0 Å². The Balaban J connectivity index is 3.12. The fourth-order valence-electron chi connectivity index (χ4n) is 0.907. The first-order valence-corrected chi connectivity index (χ1v) is 3.61. The summed E-state index contributed by atoms with van der Waals surface area (Å²) in [4.78, 5) is 10.6. The van der Waals surface area contributed by atoms with E-state index in [1.807, 2.05) is 6.11 Å². The lowest BCUT2D eigenvalue weighted by molar-refractivity contribution is 0.0696. The molecule has 0 saturated carbocycles. The van der Waals surface area contributed by atoms with Crippen LogP contribution in [-0.4, -0.2) is 11.1 Å². The number of aromatic carboxylic acids is 1. The first kappa shape index (κ1) is 9.14. The number of carboxylic acid groups (broad SMARTS) is 1. The van der Waals surface area contributed by atoms with Gasteiger partial charge in [-0.1, -0.05) is 12.5 Å². The highest BCUT2D eigenvalue weighted by atomic mass is 16.5. The summed E-state index contributed by atoms with van der Waals surface area (Å²) in [5.74, 6) is -0.593. The second kappa shape index (κ2) is 3.63. The van der Waals surface area contributed by atoms with E-state index in [1.54, 1.807) is 13.0 Å². The van der Waals surface area contributed by atoms with Crippen LogP contribution in [0.1, 0.15) is 15.9 Å². The molecule has 0 atom stereocenters. The summed E-state index contributed by atoms with van der Waals surface area (Å²) >= 11 is 0. The average Bonchev–Trinajstić information content (AvgIpc) is 2.08. The largest absolute Gasteiger partial charge is 0.478 e. The maximum Gasteiger partial charge on any atom is 0.335 e. The van der Waals surface area contributed by atoms with Crippen molar-refractivity contribution in [3.63, 3.8) is 0 Å². The Morgan fingerprint density at radius 1 is 1.62 bits per heavy atom. The van der Waals surface area contributed by atoms with Crippen molar-refractivity contribution in [3.8, 4) is 18.3 Å². The van der Waals surface area contributed by atoms with Gasteiger partial charge in [0.05, 0.1) is 5.56 Å². The molecule has 3 nitrogen and oxygen atoms in total. The summed E-state index contributed by atoms with van der Waals surface area (Å²) in [6, 6.07) is 4.55. The van der Waals surface area contributed by atoms with Crippen molar-refractivity contribution < 1.29 is 14.6 Å². The molecule has 1 rings (SSSR count). The number of hydrogen-bond acceptors (Lipinski definition) is 2. The summed E-state index contributed by atoms with van der Waals surface area (Å²) in [5.41, 5.74) is 0.971. The van der Waals surface area contributed by atoms with Crippen molar-refractivity contribution in [2.45, 2.75) is 6.92 Å². The molecule has 0 aliphatic rings. The van der Waals surface area contributed by atoms with E-state index in [0.29, 0.717) is 5.75 Å². The van der Waals surface area contributed by atoms with E-state index in [0.717, 1.165) is 5.56 Å². The molecule has 0 aliphatic carbocycles. The molecule has 0 fully saturated rings. The van der Waals surface area contributed by atoms with E-state index < -0.39 is 5.97 Å². The maximum absolute atomic E-state index is 10.6. The van der Waals surface area contributed by atoms with E-state index in [1.165, 1.54) is 12.1 Å². The Hall–Kier alpha value is -1.95. The number of terminal acetylenes is 1. The molecule has 0 unspecified atom stereocenters. The van der Waals surface area contributed by atoms with Gasteiger partial charge < -0.3 is 9.84 Å². The minimum Gasteiger partial charge on any atom is -0.478 e. The fourth-order valence-corrected chi connectivity index (χ4v) is 0.907. The molecule has 66 valence electrons. The SMILES string of the molecule is C#COc1cc(C(=O)O)ccc1C. The molecule has 0 aromatic heterocycles. The summed E-state index contributed by atoms with van der Waals surface area (Å²) in [6.07, 6.45) is 6.93. The molecule has 0 spiro atoms. The van der Waals surface area contributed by atoms with Crippen LogP contribution < -0.4 is 4.74 Å². The highest BCUT2D eigenvalue weighted by molar-refractivity contribution is 5.88. The molecule has 0 saturated heterocycles. The first-order chi connectivity index (χ1) is 6.15. The Labute approximate surface area is 76.0 Å². The van der Waals surface area contributed by atoms with Gasteiger partial charge >= 0.3 is 5.97 Å². The molecule has 0 amide bonds. The third-order valence-electron chi connectivity index (χ3n) is 1.60. The molecule has 1 aromatic carbocycles. The number of aryl methyl sites for hydroxylation is 1. The van der Waals surface area contributed by atoms with Crippen molar-refractivity contribution in [3.05, 3.63) is 29.3 Å². The number of carboxylic acids is 1. The number of carbonyl (C=O) groups is 1. The molecule has 0 bridgehead atoms. The van der Waals surface area contributed by atoms with Crippen LogP contribution >= 0.6 is 0 Å². The quantitative estimate of drug-likeness (QED) is 0.697. The second-order valence-electron chi connectivity index (χ2n) is 2.51. The van der Waals surface area contributed by atoms with Gasteiger partial charge in [-0.2, -0.15) is 0 Å². The Morgan fingerprint density at radius 2 is 2.31 bits per heavy atom. The smallest absolute Gasteiger partial charge is 0.335 e. The van der Waals surface area contributed by atoms with E-state index in [2.05, 4.69) is 0 Å². The Morgan fingerprint density at radius 3 is 2.85 bits per heavy atom. The van der Waals surface area contributed by atoms with Gasteiger partial charge in [0.25, 0.3) is 0 Å². The normalized spacial score (nSPS) is 8.92. The Bertz CT molecular complexity index is 374. The zero-order valence-electron chi connectivity index (χ0n) is 7.07. The van der Waals surface area contributed by atoms with Gasteiger partial charge in [0.2, 0.25) is 0 Å². The van der Waals surface area contributed by atoms with Gasteiger partial charge in [-0.05, 0) is 24.6 Å². The second-order valence-corrected chi connectivity index (χ2v) is 2.51. The Kier molecular flexibility index (Phi) is 2.56. The van der Waals surface area contributed by atoms with Crippen LogP contribution in [-0.2, 0) is 0 Å². The lowest BCUT2D eigenvalue weighted by Gasteiger charge is -2.02. The molecule has 1 aromatic rings. The monoisotopic (exact) mass is 176 g/mol. The summed E-state index contributed by atoms with van der Waals surface area (Å²) in [6.45, 7) is 1.79. The van der Waals surface area contributed by atoms with Crippen LogP contribution in [0, 0.1) is 19.5 Å². The van der Waals surface area contributed by atoms with Crippen molar-refractivity contribution in [2.75, 3.05) is 0 Å². The van der Waals surface area contributed by atoms with Crippen LogP contribution in [0.3, 0.4) is 0 Å². The van der Waals surface area contributed by atoms with Gasteiger partial charge in [-0.15, -0.1) is 0 Å². The summed E-state index contributed by atoms with van der Waals surface area (Å²) in [5, 5.41) is 8.66. The lowest BCUT2D eigenvalue weighted by Crippen LogP contribution is -1.97. The summed E-state index contributed by atoms with van der Waals surface area (Å²) < 4.78 is 4.79. The first-order valence-electron chi connectivity index (χ1n) is 3.61. The van der Waals surface area contributed by atoms with Gasteiger partial charge in [0.1, 0.15) is 11.9 Å². The molecule has 0 aliphatic heterocycles. The standard InChI is InChI=1S/C10H8O3/c1-3-13-9-6-8(10(11)12)5-4-7(9)2/h1,4-6H,2H3,(H,11,12). The van der Waals surface area contributed by atoms with Gasteiger partial charge in [0.15, 0.2) is 0 Å². The van der Waals surface area contributed by atoms with E-state index in [9.17, 15) is 4.79 Å². The summed E-state index contributed by atoms with van der Waals surface area (Å²) in [7, 11) is 0. The van der Waals surface area contributed by atoms with Crippen molar-refractivity contribution in [1.29, 1.82) is 0 Å². The van der Waals surface area contributed by atoms with Crippen molar-refractivity contribution in [2.24, 2.45) is 0 Å². The molecular weight excluding hydrogens is 168 g/mol. The third kappa shape index (κ3) is 2.00. The number of hydrogen-bond donors (Lipinski definition) is 1. The minimum absolute atomic E-state index is 0.163. The topological polar surface area (TPSA) is 46.5 Å². The van der Waals surface area contributed by atoms with Gasteiger partial charge in [-0.25, -0.2) is 4.79 Å². The number of benzene rings is 1. The van der Waals surface area contributed by atoms with Gasteiger partial charge in [-0.3, -0.25) is 0 Å². The highest BCUT2D eigenvalue weighted by Crippen LogP contribution is 2.19. The zero-order chi connectivity index (χ0) is 9.84. The molecule has 0 heterocycles. The van der Waals surface area contributed by atoms with E-state index in [4.69, 9.17) is 16.3 Å². The van der Waals surface area contributed by atoms with Crippen LogP contribution in [0.4, 0.5) is 0 Å². The maximum atomic E-state index is 10.6.